The van der Waals surface area contributed by atoms with Crippen LogP contribution in [-0.2, 0) is 11.3 Å². The van der Waals surface area contributed by atoms with Gasteiger partial charge >= 0.3 is 5.97 Å². The van der Waals surface area contributed by atoms with Crippen LogP contribution < -0.4 is 21.4 Å². The van der Waals surface area contributed by atoms with E-state index in [-0.39, 0.29) is 45.2 Å². The smallest absolute Gasteiger partial charge is 0.328 e. The van der Waals surface area contributed by atoms with Gasteiger partial charge in [0.2, 0.25) is 0 Å². The standard InChI is InChI=1S/C28H22ClN3O8/c29-20-11-16(25(35)30-13-15-4-3-5-17(33)10-15)8-9-18(20)26(36)32-21(28(38)39)14-31-27(37)24-12-22(34)19-6-1-2-7-23(19)40-24/h1-12,21,33H,13-14H2,(H,30,35)(H,31,37)(H,32,36)(H,38,39)/t21-/m0/s1. The molecule has 0 unspecified atom stereocenters. The van der Waals surface area contributed by atoms with Crippen LogP contribution in [0.5, 0.6) is 5.75 Å². The predicted octanol–water partition coefficient (Wildman–Crippen LogP) is 2.70. The molecule has 0 saturated heterocycles. The highest BCUT2D eigenvalue weighted by atomic mass is 35.5. The molecular formula is C28H22ClN3O8. The third-order valence-corrected chi connectivity index (χ3v) is 6.08. The molecule has 5 N–H and O–H groups in total. The fourth-order valence-corrected chi connectivity index (χ4v) is 3.99. The predicted molar refractivity (Wildman–Crippen MR) is 144 cm³/mol. The quantitative estimate of drug-likeness (QED) is 0.206. The van der Waals surface area contributed by atoms with E-state index in [9.17, 15) is 34.2 Å². The molecule has 40 heavy (non-hydrogen) atoms. The first-order valence-corrected chi connectivity index (χ1v) is 12.2. The van der Waals surface area contributed by atoms with E-state index in [0.717, 1.165) is 6.07 Å². The Morgan fingerprint density at radius 3 is 2.38 bits per heavy atom. The van der Waals surface area contributed by atoms with Crippen molar-refractivity contribution in [1.29, 1.82) is 0 Å². The molecule has 11 nitrogen and oxygen atoms in total. The summed E-state index contributed by atoms with van der Waals surface area (Å²) in [5, 5.41) is 26.5. The monoisotopic (exact) mass is 563 g/mol. The molecule has 3 aromatic carbocycles. The fraction of sp³-hybridized carbons (Fsp3) is 0.107. The van der Waals surface area contributed by atoms with Crippen LogP contribution in [-0.4, -0.2) is 46.5 Å². The number of carbonyl (C=O) groups excluding carboxylic acids is 3. The van der Waals surface area contributed by atoms with E-state index in [0.29, 0.717) is 5.56 Å². The minimum atomic E-state index is -1.55. The number of nitrogens with one attached hydrogen (secondary N) is 3. The summed E-state index contributed by atoms with van der Waals surface area (Å²) < 4.78 is 5.43. The molecule has 0 aliphatic heterocycles. The van der Waals surface area contributed by atoms with Crippen LogP contribution in [0.4, 0.5) is 0 Å². The lowest BCUT2D eigenvalue weighted by molar-refractivity contribution is -0.139. The molecule has 0 radical (unpaired) electrons. The zero-order chi connectivity index (χ0) is 28.8. The Balaban J connectivity index is 1.38. The minimum absolute atomic E-state index is 0.0599. The van der Waals surface area contributed by atoms with Crippen molar-refractivity contribution in [3.63, 3.8) is 0 Å². The second-order valence-electron chi connectivity index (χ2n) is 8.59. The number of phenols is 1. The molecular weight excluding hydrogens is 542 g/mol. The Labute approximate surface area is 231 Å². The number of amides is 3. The molecule has 1 atom stereocenters. The maximum atomic E-state index is 12.8. The molecule has 1 heterocycles. The number of phenolic OH excluding ortho intramolecular Hbond substituents is 1. The van der Waals surface area contributed by atoms with Gasteiger partial charge in [0.1, 0.15) is 17.4 Å². The number of hydrogen-bond acceptors (Lipinski definition) is 7. The average Bonchev–Trinajstić information content (AvgIpc) is 2.93. The van der Waals surface area contributed by atoms with E-state index in [4.69, 9.17) is 16.0 Å². The fourth-order valence-electron chi connectivity index (χ4n) is 3.73. The van der Waals surface area contributed by atoms with Gasteiger partial charge in [-0.3, -0.25) is 19.2 Å². The van der Waals surface area contributed by atoms with Crippen LogP contribution in [0.3, 0.4) is 0 Å². The lowest BCUT2D eigenvalue weighted by Crippen LogP contribution is -2.48. The Morgan fingerprint density at radius 1 is 0.875 bits per heavy atom. The zero-order valence-electron chi connectivity index (χ0n) is 20.6. The SMILES string of the molecule is O=C(NCc1cccc(O)c1)c1ccc(C(=O)N[C@@H](CNC(=O)c2cc(=O)c3ccccc3o2)C(=O)O)c(Cl)c1. The Bertz CT molecular complexity index is 1680. The van der Waals surface area contributed by atoms with Gasteiger partial charge in [-0.1, -0.05) is 35.9 Å². The lowest BCUT2D eigenvalue weighted by Gasteiger charge is -2.16. The summed E-state index contributed by atoms with van der Waals surface area (Å²) in [5.74, 6) is -3.88. The van der Waals surface area contributed by atoms with Gasteiger partial charge in [-0.05, 0) is 48.0 Å². The molecule has 12 heteroatoms. The summed E-state index contributed by atoms with van der Waals surface area (Å²) >= 11 is 6.21. The Kier molecular flexibility index (Phi) is 8.45. The highest BCUT2D eigenvalue weighted by molar-refractivity contribution is 6.34. The van der Waals surface area contributed by atoms with E-state index in [1.807, 2.05) is 0 Å². The first-order valence-electron chi connectivity index (χ1n) is 11.8. The second kappa shape index (κ2) is 12.1. The number of fused-ring (bicyclic) bond motifs is 1. The number of halogens is 1. The molecule has 0 aliphatic carbocycles. The van der Waals surface area contributed by atoms with Crippen molar-refractivity contribution >= 4 is 46.3 Å². The van der Waals surface area contributed by atoms with Crippen molar-refractivity contribution in [2.45, 2.75) is 12.6 Å². The van der Waals surface area contributed by atoms with E-state index in [2.05, 4.69) is 16.0 Å². The maximum absolute atomic E-state index is 12.8. The molecule has 0 fully saturated rings. The number of aliphatic carboxylic acids is 1. The molecule has 0 saturated carbocycles. The van der Waals surface area contributed by atoms with Gasteiger partial charge in [0.05, 0.1) is 16.0 Å². The minimum Gasteiger partial charge on any atom is -0.508 e. The van der Waals surface area contributed by atoms with E-state index < -0.39 is 41.7 Å². The van der Waals surface area contributed by atoms with Crippen LogP contribution >= 0.6 is 11.6 Å². The third-order valence-electron chi connectivity index (χ3n) is 5.77. The van der Waals surface area contributed by atoms with Crippen LogP contribution in [0.25, 0.3) is 11.0 Å². The first-order chi connectivity index (χ1) is 19.1. The summed E-state index contributed by atoms with van der Waals surface area (Å²) in [7, 11) is 0. The van der Waals surface area contributed by atoms with Crippen LogP contribution in [0, 0.1) is 0 Å². The summed E-state index contributed by atoms with van der Waals surface area (Å²) in [4.78, 5) is 61.7. The van der Waals surface area contributed by atoms with E-state index in [1.165, 1.54) is 36.4 Å². The topological polar surface area (TPSA) is 175 Å². The summed E-state index contributed by atoms with van der Waals surface area (Å²) in [5.41, 5.74) is 0.477. The van der Waals surface area contributed by atoms with Gasteiger partial charge in [0.25, 0.3) is 17.7 Å². The molecule has 4 aromatic rings. The largest absolute Gasteiger partial charge is 0.508 e. The third kappa shape index (κ3) is 6.63. The van der Waals surface area contributed by atoms with E-state index in [1.54, 1.807) is 30.3 Å². The molecule has 204 valence electrons. The van der Waals surface area contributed by atoms with Crippen molar-refractivity contribution in [1.82, 2.24) is 16.0 Å². The average molecular weight is 564 g/mol. The van der Waals surface area contributed by atoms with Gasteiger partial charge in [-0.15, -0.1) is 0 Å². The lowest BCUT2D eigenvalue weighted by atomic mass is 10.1. The van der Waals surface area contributed by atoms with Gasteiger partial charge in [0, 0.05) is 24.7 Å². The normalized spacial score (nSPS) is 11.4. The van der Waals surface area contributed by atoms with Crippen molar-refractivity contribution in [2.75, 3.05) is 6.54 Å². The summed E-state index contributed by atoms with van der Waals surface area (Å²) in [6.07, 6.45) is 0. The number of aromatic hydroxyl groups is 1. The molecule has 1 aromatic heterocycles. The maximum Gasteiger partial charge on any atom is 0.328 e. The Morgan fingerprint density at radius 2 is 1.65 bits per heavy atom. The number of carbonyl (C=O) groups is 4. The molecule has 0 aliphatic rings. The van der Waals surface area contributed by atoms with Crippen LogP contribution in [0.15, 0.2) is 82.0 Å². The summed E-state index contributed by atoms with van der Waals surface area (Å²) in [6.45, 7) is -0.384. The molecule has 0 bridgehead atoms. The van der Waals surface area contributed by atoms with Crippen LogP contribution in [0.2, 0.25) is 5.02 Å². The van der Waals surface area contributed by atoms with Crippen molar-refractivity contribution in [2.24, 2.45) is 0 Å². The zero-order valence-corrected chi connectivity index (χ0v) is 21.4. The first kappa shape index (κ1) is 27.9. The highest BCUT2D eigenvalue weighted by Crippen LogP contribution is 2.19. The Hall–Kier alpha value is -5.16. The van der Waals surface area contributed by atoms with Crippen molar-refractivity contribution in [3.8, 4) is 5.75 Å². The number of benzene rings is 3. The van der Waals surface area contributed by atoms with Gasteiger partial charge in [-0.25, -0.2) is 4.79 Å². The number of carboxylic acids is 1. The highest BCUT2D eigenvalue weighted by Gasteiger charge is 2.24. The number of hydrogen-bond donors (Lipinski definition) is 5. The van der Waals surface area contributed by atoms with Gasteiger partial charge < -0.3 is 30.6 Å². The van der Waals surface area contributed by atoms with Crippen molar-refractivity contribution in [3.05, 3.63) is 110 Å². The molecule has 4 rings (SSSR count). The molecule has 3 amide bonds. The number of para-hydroxylation sites is 1. The number of rotatable bonds is 9. The van der Waals surface area contributed by atoms with E-state index >= 15 is 0 Å². The van der Waals surface area contributed by atoms with Gasteiger partial charge in [0.15, 0.2) is 11.2 Å². The molecule has 0 spiro atoms. The van der Waals surface area contributed by atoms with Crippen molar-refractivity contribution < 1.29 is 33.8 Å². The second-order valence-corrected chi connectivity index (χ2v) is 9.00. The van der Waals surface area contributed by atoms with Gasteiger partial charge in [-0.2, -0.15) is 0 Å². The summed E-state index contributed by atoms with van der Waals surface area (Å²) in [6, 6.07) is 16.0. The number of carboxylic acid groups (broad SMARTS) is 1. The van der Waals surface area contributed by atoms with Crippen LogP contribution in [0.1, 0.15) is 36.8 Å².